The van der Waals surface area contributed by atoms with Crippen LogP contribution >= 0.6 is 0 Å². The Balaban J connectivity index is 1.40. The Hall–Kier alpha value is -2.11. The maximum Gasteiger partial charge on any atom is 0.119 e. The number of nitrogens with zero attached hydrogens (tertiary/aromatic N) is 1. The van der Waals surface area contributed by atoms with Crippen molar-refractivity contribution < 1.29 is 14.2 Å². The van der Waals surface area contributed by atoms with Gasteiger partial charge in [0, 0.05) is 32.1 Å². The third-order valence-electron chi connectivity index (χ3n) is 5.86. The highest BCUT2D eigenvalue weighted by molar-refractivity contribution is 5.47. The van der Waals surface area contributed by atoms with Crippen LogP contribution in [0.1, 0.15) is 23.6 Å². The number of hydrogen-bond donors (Lipinski definition) is 2. The molecule has 27 heavy (non-hydrogen) atoms. The van der Waals surface area contributed by atoms with Crippen LogP contribution in [0, 0.1) is 5.92 Å². The van der Waals surface area contributed by atoms with Crippen LogP contribution in [0.4, 0.5) is 4.39 Å². The first kappa shape index (κ1) is 18.3. The third kappa shape index (κ3) is 3.66. The van der Waals surface area contributed by atoms with E-state index in [1.807, 2.05) is 24.3 Å². The number of ether oxygens (including phenoxy) is 1. The standard InChI is InChI=1S/C22H27FN2O2/c1-22(21-7-4-19(26)12-17(21)8-9-24-22)18-2-5-20(6-3-18)27-11-10-25-14-16(13-23)15-25/h2-7,12,16,24,26H,8-11,13-15H2,1H3/t22-/m1/s1. The molecule has 2 aliphatic rings. The smallest absolute Gasteiger partial charge is 0.119 e. The Morgan fingerprint density at radius 1 is 1.22 bits per heavy atom. The molecule has 2 N–H and O–H groups in total. The molecule has 1 atom stereocenters. The average molecular weight is 370 g/mol. The van der Waals surface area contributed by atoms with Crippen LogP contribution in [0.5, 0.6) is 11.5 Å². The molecule has 2 heterocycles. The summed E-state index contributed by atoms with van der Waals surface area (Å²) >= 11 is 0. The first-order chi connectivity index (χ1) is 13.1. The SMILES string of the molecule is C[C@]1(c2ccc(OCCN3CC(CF)C3)cc2)NCCc2cc(O)ccc21. The minimum Gasteiger partial charge on any atom is -0.508 e. The van der Waals surface area contributed by atoms with Crippen LogP contribution in [-0.2, 0) is 12.0 Å². The van der Waals surface area contributed by atoms with E-state index in [9.17, 15) is 9.50 Å². The van der Waals surface area contributed by atoms with E-state index < -0.39 is 0 Å². The quantitative estimate of drug-likeness (QED) is 0.820. The molecule has 1 fully saturated rings. The predicted octanol–water partition coefficient (Wildman–Crippen LogP) is 3.08. The second kappa shape index (κ2) is 7.49. The number of nitrogens with one attached hydrogen (secondary N) is 1. The number of benzene rings is 2. The van der Waals surface area contributed by atoms with Crippen LogP contribution in [0.15, 0.2) is 42.5 Å². The number of alkyl halides is 1. The average Bonchev–Trinajstić information content (AvgIpc) is 2.64. The summed E-state index contributed by atoms with van der Waals surface area (Å²) in [5, 5.41) is 13.4. The number of phenolic OH excluding ortho intramolecular Hbond substituents is 1. The molecule has 0 saturated carbocycles. The number of phenols is 1. The number of fused-ring (bicyclic) bond motifs is 1. The fraction of sp³-hybridized carbons (Fsp3) is 0.455. The minimum atomic E-state index is -0.279. The number of aromatic hydroxyl groups is 1. The van der Waals surface area contributed by atoms with Gasteiger partial charge >= 0.3 is 0 Å². The van der Waals surface area contributed by atoms with Gasteiger partial charge in [0.2, 0.25) is 0 Å². The lowest BCUT2D eigenvalue weighted by atomic mass is 9.79. The number of rotatable bonds is 6. The van der Waals surface area contributed by atoms with Gasteiger partial charge in [-0.25, -0.2) is 0 Å². The van der Waals surface area contributed by atoms with Gasteiger partial charge in [-0.05, 0) is 54.3 Å². The van der Waals surface area contributed by atoms with Gasteiger partial charge in [0.05, 0.1) is 12.2 Å². The first-order valence-corrected chi connectivity index (χ1v) is 9.67. The van der Waals surface area contributed by atoms with E-state index in [2.05, 4.69) is 29.3 Å². The molecule has 0 radical (unpaired) electrons. The maximum atomic E-state index is 12.5. The van der Waals surface area contributed by atoms with E-state index in [0.717, 1.165) is 38.3 Å². The Morgan fingerprint density at radius 3 is 2.74 bits per heavy atom. The minimum absolute atomic E-state index is 0.214. The molecule has 0 spiro atoms. The molecule has 2 aromatic carbocycles. The van der Waals surface area contributed by atoms with E-state index in [4.69, 9.17) is 4.74 Å². The monoisotopic (exact) mass is 370 g/mol. The summed E-state index contributed by atoms with van der Waals surface area (Å²) in [7, 11) is 0. The highest BCUT2D eigenvalue weighted by Gasteiger charge is 2.33. The Bertz CT molecular complexity index is 789. The zero-order valence-corrected chi connectivity index (χ0v) is 15.7. The first-order valence-electron chi connectivity index (χ1n) is 9.67. The van der Waals surface area contributed by atoms with Gasteiger partial charge in [-0.3, -0.25) is 9.29 Å². The van der Waals surface area contributed by atoms with Gasteiger partial charge in [0.25, 0.3) is 0 Å². The molecule has 4 nitrogen and oxygen atoms in total. The van der Waals surface area contributed by atoms with Gasteiger partial charge in [0.15, 0.2) is 0 Å². The van der Waals surface area contributed by atoms with E-state index in [1.54, 1.807) is 6.07 Å². The highest BCUT2D eigenvalue weighted by atomic mass is 19.1. The molecule has 4 rings (SSSR count). The Kier molecular flexibility index (Phi) is 5.06. The normalized spacial score (nSPS) is 22.9. The van der Waals surface area contributed by atoms with Crippen molar-refractivity contribution in [3.05, 3.63) is 59.2 Å². The lowest BCUT2D eigenvalue weighted by Crippen LogP contribution is -2.49. The van der Waals surface area contributed by atoms with Crippen molar-refractivity contribution in [3.8, 4) is 11.5 Å². The van der Waals surface area contributed by atoms with Crippen molar-refractivity contribution in [2.45, 2.75) is 18.9 Å². The summed E-state index contributed by atoms with van der Waals surface area (Å²) in [5.74, 6) is 1.39. The second-order valence-electron chi connectivity index (χ2n) is 7.80. The number of hydrogen-bond acceptors (Lipinski definition) is 4. The Labute approximate surface area is 160 Å². The largest absolute Gasteiger partial charge is 0.508 e. The molecule has 5 heteroatoms. The van der Waals surface area contributed by atoms with E-state index in [0.29, 0.717) is 12.4 Å². The molecule has 1 saturated heterocycles. The van der Waals surface area contributed by atoms with Crippen LogP contribution in [0.2, 0.25) is 0 Å². The summed E-state index contributed by atoms with van der Waals surface area (Å²) in [4.78, 5) is 2.22. The van der Waals surface area contributed by atoms with Gasteiger partial charge in [-0.1, -0.05) is 18.2 Å². The predicted molar refractivity (Wildman–Crippen MR) is 104 cm³/mol. The van der Waals surface area contributed by atoms with Gasteiger partial charge in [-0.15, -0.1) is 0 Å². The van der Waals surface area contributed by atoms with Gasteiger partial charge in [0.1, 0.15) is 18.1 Å². The van der Waals surface area contributed by atoms with Gasteiger partial charge in [-0.2, -0.15) is 0 Å². The van der Waals surface area contributed by atoms with Crippen molar-refractivity contribution in [3.63, 3.8) is 0 Å². The topological polar surface area (TPSA) is 44.7 Å². The van der Waals surface area contributed by atoms with Crippen molar-refractivity contribution in [1.82, 2.24) is 10.2 Å². The molecule has 0 unspecified atom stereocenters. The lowest BCUT2D eigenvalue weighted by molar-refractivity contribution is 0.0668. The van der Waals surface area contributed by atoms with E-state index >= 15 is 0 Å². The number of halogens is 1. The van der Waals surface area contributed by atoms with Crippen LogP contribution in [0.25, 0.3) is 0 Å². The molecule has 2 aromatic rings. The fourth-order valence-electron chi connectivity index (χ4n) is 4.21. The highest BCUT2D eigenvalue weighted by Crippen LogP contribution is 2.36. The molecular formula is C22H27FN2O2. The fourth-order valence-corrected chi connectivity index (χ4v) is 4.21. The zero-order valence-electron chi connectivity index (χ0n) is 15.7. The lowest BCUT2D eigenvalue weighted by Gasteiger charge is -2.38. The van der Waals surface area contributed by atoms with E-state index in [-0.39, 0.29) is 18.1 Å². The molecule has 0 bridgehead atoms. The molecule has 0 aliphatic carbocycles. The summed E-state index contributed by atoms with van der Waals surface area (Å²) in [6.07, 6.45) is 0.917. The number of likely N-dealkylation sites (tertiary alicyclic amines) is 1. The summed E-state index contributed by atoms with van der Waals surface area (Å²) < 4.78 is 18.3. The third-order valence-corrected chi connectivity index (χ3v) is 5.86. The molecule has 0 aromatic heterocycles. The molecule has 2 aliphatic heterocycles. The van der Waals surface area contributed by atoms with Crippen molar-refractivity contribution in [2.24, 2.45) is 5.92 Å². The Morgan fingerprint density at radius 2 is 2.00 bits per heavy atom. The summed E-state index contributed by atoms with van der Waals surface area (Å²) in [6, 6.07) is 13.9. The zero-order chi connectivity index (χ0) is 18.9. The maximum absolute atomic E-state index is 12.5. The molecular weight excluding hydrogens is 343 g/mol. The van der Waals surface area contributed by atoms with Crippen molar-refractivity contribution in [1.29, 1.82) is 0 Å². The van der Waals surface area contributed by atoms with Crippen LogP contribution in [-0.4, -0.2) is 49.5 Å². The van der Waals surface area contributed by atoms with E-state index in [1.165, 1.54) is 16.7 Å². The molecule has 144 valence electrons. The van der Waals surface area contributed by atoms with Gasteiger partial charge < -0.3 is 15.2 Å². The summed E-state index contributed by atoms with van der Waals surface area (Å²) in [6.45, 7) is 6.00. The van der Waals surface area contributed by atoms with Crippen molar-refractivity contribution in [2.75, 3.05) is 39.5 Å². The van der Waals surface area contributed by atoms with Crippen LogP contribution < -0.4 is 10.1 Å². The molecule has 0 amide bonds. The van der Waals surface area contributed by atoms with Crippen LogP contribution in [0.3, 0.4) is 0 Å². The summed E-state index contributed by atoms with van der Waals surface area (Å²) in [5.41, 5.74) is 3.30. The van der Waals surface area contributed by atoms with Crippen molar-refractivity contribution >= 4 is 0 Å². The second-order valence-corrected chi connectivity index (χ2v) is 7.80.